The van der Waals surface area contributed by atoms with Gasteiger partial charge < -0.3 is 4.52 Å². The van der Waals surface area contributed by atoms with E-state index in [1.165, 1.54) is 0 Å². The molecule has 0 aliphatic heterocycles. The van der Waals surface area contributed by atoms with Gasteiger partial charge in [-0.15, -0.1) is 0 Å². The highest BCUT2D eigenvalue weighted by Crippen LogP contribution is 2.35. The van der Waals surface area contributed by atoms with Crippen LogP contribution >= 0.6 is 11.6 Å². The van der Waals surface area contributed by atoms with Crippen LogP contribution in [0.4, 0.5) is 0 Å². The molecule has 1 aromatic heterocycles. The number of rotatable bonds is 4. The monoisotopic (exact) mass is 359 g/mol. The Morgan fingerprint density at radius 2 is 1.35 bits per heavy atom. The average Bonchev–Trinajstić information content (AvgIpc) is 3.14. The molecule has 0 N–H and O–H groups in total. The number of carbonyl (C=O) groups excluding carboxylic acids is 1. The third-order valence-electron chi connectivity index (χ3n) is 4.11. The molecule has 0 spiro atoms. The first-order chi connectivity index (χ1) is 12.7. The predicted octanol–water partition coefficient (Wildman–Crippen LogP) is 5.89. The molecule has 4 aromatic rings. The van der Waals surface area contributed by atoms with Gasteiger partial charge in [-0.2, -0.15) is 0 Å². The van der Waals surface area contributed by atoms with Crippen LogP contribution in [-0.4, -0.2) is 10.9 Å². The van der Waals surface area contributed by atoms with Crippen LogP contribution in [0.3, 0.4) is 0 Å². The van der Waals surface area contributed by atoms with Crippen LogP contribution < -0.4 is 0 Å². The zero-order valence-corrected chi connectivity index (χ0v) is 14.5. The second-order valence-corrected chi connectivity index (χ2v) is 6.24. The topological polar surface area (TPSA) is 43.1 Å². The maximum absolute atomic E-state index is 13.0. The molecule has 0 aliphatic rings. The van der Waals surface area contributed by atoms with Gasteiger partial charge >= 0.3 is 0 Å². The van der Waals surface area contributed by atoms with Crippen molar-refractivity contribution in [1.29, 1.82) is 0 Å². The zero-order valence-electron chi connectivity index (χ0n) is 13.7. The Bertz CT molecular complexity index is 1040. The first-order valence-corrected chi connectivity index (χ1v) is 8.52. The zero-order chi connectivity index (χ0) is 17.9. The maximum Gasteiger partial charge on any atom is 0.231 e. The minimum atomic E-state index is -0.227. The number of benzene rings is 3. The molecule has 4 heteroatoms. The lowest BCUT2D eigenvalue weighted by atomic mass is 9.96. The molecule has 1 heterocycles. The lowest BCUT2D eigenvalue weighted by Crippen LogP contribution is -2.01. The molecule has 0 unspecified atom stereocenters. The minimum absolute atomic E-state index is 0.220. The van der Waals surface area contributed by atoms with Crippen LogP contribution in [-0.2, 0) is 0 Å². The summed E-state index contributed by atoms with van der Waals surface area (Å²) in [7, 11) is 0. The van der Waals surface area contributed by atoms with E-state index in [0.717, 1.165) is 11.1 Å². The molecule has 0 fully saturated rings. The Balaban J connectivity index is 1.89. The summed E-state index contributed by atoms with van der Waals surface area (Å²) in [5, 5.41) is 4.78. The third-order valence-corrected chi connectivity index (χ3v) is 4.37. The van der Waals surface area contributed by atoms with Crippen LogP contribution in [0.2, 0.25) is 5.02 Å². The van der Waals surface area contributed by atoms with Crippen molar-refractivity contribution in [3.63, 3.8) is 0 Å². The van der Waals surface area contributed by atoms with Crippen LogP contribution in [0.5, 0.6) is 0 Å². The van der Waals surface area contributed by atoms with E-state index in [9.17, 15) is 4.79 Å². The normalized spacial score (nSPS) is 10.7. The first kappa shape index (κ1) is 16.3. The number of halogens is 1. The van der Waals surface area contributed by atoms with Gasteiger partial charge in [-0.1, -0.05) is 77.4 Å². The summed E-state index contributed by atoms with van der Waals surface area (Å²) >= 11 is 5.93. The van der Waals surface area contributed by atoms with E-state index < -0.39 is 0 Å². The molecule has 0 radical (unpaired) electrons. The quantitative estimate of drug-likeness (QED) is 0.426. The number of hydrogen-bond acceptors (Lipinski definition) is 3. The lowest BCUT2D eigenvalue weighted by molar-refractivity contribution is 0.100. The second kappa shape index (κ2) is 6.98. The van der Waals surface area contributed by atoms with E-state index in [-0.39, 0.29) is 11.5 Å². The highest BCUT2D eigenvalue weighted by atomic mass is 35.5. The Hall–Kier alpha value is -3.17. The van der Waals surface area contributed by atoms with E-state index in [4.69, 9.17) is 16.1 Å². The molecule has 0 aliphatic carbocycles. The van der Waals surface area contributed by atoms with E-state index in [1.807, 2.05) is 60.7 Å². The molecule has 0 saturated carbocycles. The average molecular weight is 360 g/mol. The second-order valence-electron chi connectivity index (χ2n) is 5.80. The summed E-state index contributed by atoms with van der Waals surface area (Å²) in [4.78, 5) is 13.0. The van der Waals surface area contributed by atoms with Crippen molar-refractivity contribution in [3.8, 4) is 22.4 Å². The third kappa shape index (κ3) is 3.05. The molecular weight excluding hydrogens is 346 g/mol. The Morgan fingerprint density at radius 1 is 0.769 bits per heavy atom. The van der Waals surface area contributed by atoms with Crippen molar-refractivity contribution in [1.82, 2.24) is 5.16 Å². The standard InChI is InChI=1S/C22H14ClNO2/c23-18-13-11-17(12-14-18)21(25)22-19(15-7-3-1-4-8-15)20(24-26-22)16-9-5-2-6-10-16/h1-14H. The Morgan fingerprint density at radius 3 is 1.96 bits per heavy atom. The van der Waals surface area contributed by atoms with Crippen molar-refractivity contribution in [2.75, 3.05) is 0 Å². The molecule has 0 atom stereocenters. The van der Waals surface area contributed by atoms with Crippen LogP contribution in [0.1, 0.15) is 16.1 Å². The van der Waals surface area contributed by atoms with Gasteiger partial charge in [-0.25, -0.2) is 0 Å². The molecule has 4 rings (SSSR count). The highest BCUT2D eigenvalue weighted by Gasteiger charge is 2.25. The minimum Gasteiger partial charge on any atom is -0.351 e. The van der Waals surface area contributed by atoms with E-state index in [2.05, 4.69) is 5.16 Å². The SMILES string of the molecule is O=C(c1ccc(Cl)cc1)c1onc(-c2ccccc2)c1-c1ccccc1. The smallest absolute Gasteiger partial charge is 0.231 e. The lowest BCUT2D eigenvalue weighted by Gasteiger charge is -2.05. The summed E-state index contributed by atoms with van der Waals surface area (Å²) in [5.74, 6) is -0.00687. The van der Waals surface area contributed by atoms with Gasteiger partial charge in [0.1, 0.15) is 5.69 Å². The highest BCUT2D eigenvalue weighted by molar-refractivity contribution is 6.30. The molecular formula is C22H14ClNO2. The fraction of sp³-hybridized carbons (Fsp3) is 0. The van der Waals surface area contributed by atoms with Crippen LogP contribution in [0.25, 0.3) is 22.4 Å². The number of nitrogens with zero attached hydrogens (tertiary/aromatic N) is 1. The van der Waals surface area contributed by atoms with Crippen molar-refractivity contribution < 1.29 is 9.32 Å². The maximum atomic E-state index is 13.0. The summed E-state index contributed by atoms with van der Waals surface area (Å²) in [6.07, 6.45) is 0. The molecule has 0 saturated heterocycles. The van der Waals surface area contributed by atoms with Gasteiger partial charge in [0, 0.05) is 16.1 Å². The van der Waals surface area contributed by atoms with Gasteiger partial charge in [0.15, 0.2) is 0 Å². The number of hydrogen-bond donors (Lipinski definition) is 0. The molecule has 0 amide bonds. The molecule has 0 bridgehead atoms. The van der Waals surface area contributed by atoms with Crippen LogP contribution in [0, 0.1) is 0 Å². The summed E-state index contributed by atoms with van der Waals surface area (Å²) in [6, 6.07) is 26.1. The van der Waals surface area contributed by atoms with E-state index in [0.29, 0.717) is 21.8 Å². The molecule has 3 nitrogen and oxygen atoms in total. The summed E-state index contributed by atoms with van der Waals surface area (Å²) < 4.78 is 5.52. The molecule has 26 heavy (non-hydrogen) atoms. The van der Waals surface area contributed by atoms with Gasteiger partial charge in [0.25, 0.3) is 0 Å². The van der Waals surface area contributed by atoms with Gasteiger partial charge in [0.05, 0.1) is 5.56 Å². The summed E-state index contributed by atoms with van der Waals surface area (Å²) in [5.41, 5.74) is 3.61. The number of ketones is 1. The van der Waals surface area contributed by atoms with E-state index in [1.54, 1.807) is 24.3 Å². The Labute approximate surface area is 155 Å². The van der Waals surface area contributed by atoms with Gasteiger partial charge in [-0.05, 0) is 29.8 Å². The van der Waals surface area contributed by atoms with Crippen LogP contribution in [0.15, 0.2) is 89.5 Å². The van der Waals surface area contributed by atoms with Gasteiger partial charge in [0.2, 0.25) is 11.5 Å². The fourth-order valence-electron chi connectivity index (χ4n) is 2.84. The molecule has 3 aromatic carbocycles. The molecule has 126 valence electrons. The fourth-order valence-corrected chi connectivity index (χ4v) is 2.97. The van der Waals surface area contributed by atoms with Crippen molar-refractivity contribution in [2.24, 2.45) is 0 Å². The van der Waals surface area contributed by atoms with Gasteiger partial charge in [-0.3, -0.25) is 4.79 Å². The Kier molecular flexibility index (Phi) is 4.38. The number of aromatic nitrogens is 1. The largest absolute Gasteiger partial charge is 0.351 e. The van der Waals surface area contributed by atoms with Crippen molar-refractivity contribution in [2.45, 2.75) is 0 Å². The predicted molar refractivity (Wildman–Crippen MR) is 102 cm³/mol. The van der Waals surface area contributed by atoms with Crippen molar-refractivity contribution >= 4 is 17.4 Å². The van der Waals surface area contributed by atoms with E-state index >= 15 is 0 Å². The summed E-state index contributed by atoms with van der Waals surface area (Å²) in [6.45, 7) is 0. The first-order valence-electron chi connectivity index (χ1n) is 8.15. The number of carbonyl (C=O) groups is 1. The van der Waals surface area contributed by atoms with Crippen molar-refractivity contribution in [3.05, 3.63) is 101 Å².